The SMILES string of the molecule is Cl.Cl.O=[N+]([O-])c1ccc(CNC2CCCCC2NCc2ccc([N+](=O)[O-])cc2)cc1. The van der Waals surface area contributed by atoms with Gasteiger partial charge in [-0.3, -0.25) is 20.2 Å². The Bertz CT molecular complexity index is 749. The monoisotopic (exact) mass is 456 g/mol. The van der Waals surface area contributed by atoms with Gasteiger partial charge in [-0.15, -0.1) is 24.8 Å². The molecule has 1 aliphatic carbocycles. The summed E-state index contributed by atoms with van der Waals surface area (Å²) in [6, 6.07) is 13.9. The molecular formula is C20H26Cl2N4O4. The first-order valence-corrected chi connectivity index (χ1v) is 9.46. The molecular weight excluding hydrogens is 431 g/mol. The Morgan fingerprint density at radius 2 is 1.03 bits per heavy atom. The van der Waals surface area contributed by atoms with E-state index in [1.807, 2.05) is 0 Å². The van der Waals surface area contributed by atoms with Crippen LogP contribution in [-0.2, 0) is 13.1 Å². The van der Waals surface area contributed by atoms with Crippen molar-refractivity contribution < 1.29 is 9.85 Å². The minimum atomic E-state index is -0.392. The molecule has 0 aliphatic heterocycles. The summed E-state index contributed by atoms with van der Waals surface area (Å²) in [5, 5.41) is 28.6. The van der Waals surface area contributed by atoms with Gasteiger partial charge in [-0.2, -0.15) is 0 Å². The normalized spacial score (nSPS) is 18.0. The zero-order valence-corrected chi connectivity index (χ0v) is 18.0. The highest BCUT2D eigenvalue weighted by molar-refractivity contribution is 5.85. The maximum atomic E-state index is 10.7. The summed E-state index contributed by atoms with van der Waals surface area (Å²) >= 11 is 0. The van der Waals surface area contributed by atoms with Crippen LogP contribution in [-0.4, -0.2) is 21.9 Å². The first-order valence-electron chi connectivity index (χ1n) is 9.46. The third kappa shape index (κ3) is 7.21. The predicted molar refractivity (Wildman–Crippen MR) is 120 cm³/mol. The van der Waals surface area contributed by atoms with Gasteiger partial charge in [0.2, 0.25) is 0 Å². The molecule has 0 heterocycles. The fourth-order valence-electron chi connectivity index (χ4n) is 3.59. The minimum absolute atomic E-state index is 0. The van der Waals surface area contributed by atoms with Crippen LogP contribution in [0.1, 0.15) is 36.8 Å². The van der Waals surface area contributed by atoms with Gasteiger partial charge in [0.1, 0.15) is 0 Å². The lowest BCUT2D eigenvalue weighted by Crippen LogP contribution is -2.49. The van der Waals surface area contributed by atoms with Crippen molar-refractivity contribution >= 4 is 36.2 Å². The smallest absolute Gasteiger partial charge is 0.269 e. The number of halogens is 2. The summed E-state index contributed by atoms with van der Waals surface area (Å²) in [7, 11) is 0. The van der Waals surface area contributed by atoms with Crippen molar-refractivity contribution in [2.75, 3.05) is 0 Å². The number of rotatable bonds is 8. The minimum Gasteiger partial charge on any atom is -0.308 e. The van der Waals surface area contributed by atoms with Gasteiger partial charge in [-0.05, 0) is 24.0 Å². The molecule has 0 bridgehead atoms. The van der Waals surface area contributed by atoms with Gasteiger partial charge in [0.25, 0.3) is 11.4 Å². The third-order valence-corrected chi connectivity index (χ3v) is 5.20. The molecule has 2 aromatic carbocycles. The van der Waals surface area contributed by atoms with E-state index in [4.69, 9.17) is 0 Å². The van der Waals surface area contributed by atoms with Gasteiger partial charge in [-0.1, -0.05) is 37.1 Å². The van der Waals surface area contributed by atoms with Crippen LogP contribution in [0, 0.1) is 20.2 Å². The molecule has 2 N–H and O–H groups in total. The highest BCUT2D eigenvalue weighted by atomic mass is 35.5. The summed E-state index contributed by atoms with van der Waals surface area (Å²) in [6.45, 7) is 1.33. The summed E-state index contributed by atoms with van der Waals surface area (Å²) < 4.78 is 0. The van der Waals surface area contributed by atoms with Gasteiger partial charge in [0, 0.05) is 49.4 Å². The summed E-state index contributed by atoms with van der Waals surface area (Å²) in [6.07, 6.45) is 4.50. The molecule has 164 valence electrons. The van der Waals surface area contributed by atoms with Crippen molar-refractivity contribution in [3.63, 3.8) is 0 Å². The zero-order valence-electron chi connectivity index (χ0n) is 16.4. The number of non-ortho nitro benzene ring substituents is 2. The van der Waals surface area contributed by atoms with E-state index in [0.717, 1.165) is 24.0 Å². The van der Waals surface area contributed by atoms with E-state index < -0.39 is 9.85 Å². The predicted octanol–water partition coefficient (Wildman–Crippen LogP) is 4.54. The third-order valence-electron chi connectivity index (χ3n) is 5.20. The van der Waals surface area contributed by atoms with Crippen LogP contribution in [0.25, 0.3) is 0 Å². The topological polar surface area (TPSA) is 110 Å². The Morgan fingerprint density at radius 1 is 0.700 bits per heavy atom. The van der Waals surface area contributed by atoms with Gasteiger partial charge >= 0.3 is 0 Å². The number of nitro groups is 2. The van der Waals surface area contributed by atoms with Gasteiger partial charge in [0.15, 0.2) is 0 Å². The standard InChI is InChI=1S/C20H24N4O4.2ClH/c25-23(26)17-9-5-15(6-10-17)13-21-19-3-1-2-4-20(19)22-14-16-7-11-18(12-8-16)24(27)28;;/h5-12,19-22H,1-4,13-14H2;2*1H. The maximum Gasteiger partial charge on any atom is 0.269 e. The van der Waals surface area contributed by atoms with E-state index in [0.29, 0.717) is 25.2 Å². The quantitative estimate of drug-likeness (QED) is 0.445. The van der Waals surface area contributed by atoms with E-state index in [1.54, 1.807) is 24.3 Å². The van der Waals surface area contributed by atoms with Crippen molar-refractivity contribution in [2.24, 2.45) is 0 Å². The fraction of sp³-hybridized carbons (Fsp3) is 0.400. The van der Waals surface area contributed by atoms with Crippen molar-refractivity contribution in [1.82, 2.24) is 10.6 Å². The van der Waals surface area contributed by atoms with Crippen LogP contribution < -0.4 is 10.6 Å². The summed E-state index contributed by atoms with van der Waals surface area (Å²) in [5.41, 5.74) is 2.24. The Labute approximate surface area is 187 Å². The second-order valence-electron chi connectivity index (χ2n) is 7.11. The molecule has 8 nitrogen and oxygen atoms in total. The molecule has 10 heteroatoms. The van der Waals surface area contributed by atoms with Crippen molar-refractivity contribution in [1.29, 1.82) is 0 Å². The van der Waals surface area contributed by atoms with Crippen LogP contribution in [0.2, 0.25) is 0 Å². The number of nitrogens with one attached hydrogen (secondary N) is 2. The van der Waals surface area contributed by atoms with Gasteiger partial charge < -0.3 is 10.6 Å². The Hall–Kier alpha value is -2.26. The number of benzene rings is 2. The Balaban J connectivity index is 0.00000225. The largest absolute Gasteiger partial charge is 0.308 e. The van der Waals surface area contributed by atoms with E-state index in [-0.39, 0.29) is 36.2 Å². The molecule has 0 aromatic heterocycles. The first kappa shape index (κ1) is 25.8. The van der Waals surface area contributed by atoms with Crippen molar-refractivity contribution in [2.45, 2.75) is 50.9 Å². The Kier molecular flexibility index (Phi) is 10.7. The van der Waals surface area contributed by atoms with Crippen LogP contribution >= 0.6 is 24.8 Å². The van der Waals surface area contributed by atoms with E-state index in [2.05, 4.69) is 10.6 Å². The van der Waals surface area contributed by atoms with Crippen molar-refractivity contribution in [3.05, 3.63) is 79.9 Å². The van der Waals surface area contributed by atoms with E-state index >= 15 is 0 Å². The second kappa shape index (κ2) is 12.4. The molecule has 2 atom stereocenters. The average Bonchev–Trinajstić information content (AvgIpc) is 2.72. The van der Waals surface area contributed by atoms with Gasteiger partial charge in [-0.25, -0.2) is 0 Å². The van der Waals surface area contributed by atoms with Crippen LogP contribution in [0.5, 0.6) is 0 Å². The van der Waals surface area contributed by atoms with E-state index in [1.165, 1.54) is 37.1 Å². The zero-order chi connectivity index (χ0) is 19.9. The van der Waals surface area contributed by atoms with Crippen molar-refractivity contribution in [3.8, 4) is 0 Å². The highest BCUT2D eigenvalue weighted by Gasteiger charge is 2.24. The fourth-order valence-corrected chi connectivity index (χ4v) is 3.59. The molecule has 0 radical (unpaired) electrons. The molecule has 1 aliphatic rings. The lowest BCUT2D eigenvalue weighted by molar-refractivity contribution is -0.385. The number of hydrogen-bond acceptors (Lipinski definition) is 6. The highest BCUT2D eigenvalue weighted by Crippen LogP contribution is 2.20. The lowest BCUT2D eigenvalue weighted by Gasteiger charge is -2.33. The van der Waals surface area contributed by atoms with E-state index in [9.17, 15) is 20.2 Å². The summed E-state index contributed by atoms with van der Waals surface area (Å²) in [5.74, 6) is 0. The number of nitrogens with zero attached hydrogens (tertiary/aromatic N) is 2. The molecule has 3 rings (SSSR count). The first-order chi connectivity index (χ1) is 13.5. The van der Waals surface area contributed by atoms with Crippen LogP contribution in [0.15, 0.2) is 48.5 Å². The molecule has 1 saturated carbocycles. The second-order valence-corrected chi connectivity index (χ2v) is 7.11. The molecule has 0 amide bonds. The Morgan fingerprint density at radius 3 is 1.33 bits per heavy atom. The van der Waals surface area contributed by atoms with Gasteiger partial charge in [0.05, 0.1) is 9.85 Å². The maximum absolute atomic E-state index is 10.7. The molecule has 0 spiro atoms. The number of nitro benzene ring substituents is 2. The van der Waals surface area contributed by atoms with Crippen LogP contribution in [0.3, 0.4) is 0 Å². The summed E-state index contributed by atoms with van der Waals surface area (Å²) in [4.78, 5) is 20.7. The number of hydrogen-bond donors (Lipinski definition) is 2. The molecule has 2 aromatic rings. The molecule has 1 fully saturated rings. The average molecular weight is 457 g/mol. The van der Waals surface area contributed by atoms with Crippen LogP contribution in [0.4, 0.5) is 11.4 Å². The molecule has 2 unspecified atom stereocenters. The molecule has 30 heavy (non-hydrogen) atoms. The lowest BCUT2D eigenvalue weighted by atomic mass is 9.90. The molecule has 0 saturated heterocycles.